The van der Waals surface area contributed by atoms with E-state index < -0.39 is 34.0 Å². The number of ether oxygens (including phenoxy) is 3. The number of rotatable bonds is 6. The molecule has 0 radical (unpaired) electrons. The first-order chi connectivity index (χ1) is 12.5. The van der Waals surface area contributed by atoms with Crippen LogP contribution >= 0.6 is 0 Å². The van der Waals surface area contributed by atoms with Gasteiger partial charge in [0, 0.05) is 0 Å². The van der Waals surface area contributed by atoms with E-state index in [-0.39, 0.29) is 23.6 Å². The zero-order valence-corrected chi connectivity index (χ0v) is 16.6. The van der Waals surface area contributed by atoms with Gasteiger partial charge in [-0.2, -0.15) is 8.42 Å². The first kappa shape index (κ1) is 20.1. The Morgan fingerprint density at radius 1 is 1.30 bits per heavy atom. The maximum absolute atomic E-state index is 12.6. The van der Waals surface area contributed by atoms with E-state index in [9.17, 15) is 13.2 Å². The molecule has 4 atom stereocenters. The molecule has 1 N–H and O–H groups in total. The monoisotopic (exact) mass is 399 g/mol. The molecule has 1 aromatic rings. The molecule has 2 saturated heterocycles. The molecule has 150 valence electrons. The van der Waals surface area contributed by atoms with E-state index in [0.717, 1.165) is 5.56 Å². The SMILES string of the molecule is Cc1ccc(S(=O)(=O)O[C@H](CNC(=O)OC(C)(C)C)[C@H]2OC[C@@H]3O[C@H]23)cc1. The number of carbonyl (C=O) groups is 1. The van der Waals surface area contributed by atoms with Crippen LogP contribution in [0.5, 0.6) is 0 Å². The van der Waals surface area contributed by atoms with Gasteiger partial charge in [-0.25, -0.2) is 4.79 Å². The topological polar surface area (TPSA) is 103 Å². The highest BCUT2D eigenvalue weighted by atomic mass is 32.2. The summed E-state index contributed by atoms with van der Waals surface area (Å²) in [5.74, 6) is 0. The molecule has 3 rings (SSSR count). The van der Waals surface area contributed by atoms with Gasteiger partial charge in [0.25, 0.3) is 10.1 Å². The molecule has 27 heavy (non-hydrogen) atoms. The number of fused-ring (bicyclic) bond motifs is 1. The van der Waals surface area contributed by atoms with E-state index in [1.807, 2.05) is 6.92 Å². The number of aryl methyl sites for hydroxylation is 1. The second kappa shape index (κ2) is 7.38. The van der Waals surface area contributed by atoms with E-state index in [4.69, 9.17) is 18.4 Å². The van der Waals surface area contributed by atoms with Gasteiger partial charge in [0.2, 0.25) is 0 Å². The summed E-state index contributed by atoms with van der Waals surface area (Å²) in [6.07, 6.45) is -2.42. The van der Waals surface area contributed by atoms with Crippen molar-refractivity contribution in [1.82, 2.24) is 5.32 Å². The molecular weight excluding hydrogens is 374 g/mol. The van der Waals surface area contributed by atoms with E-state index in [1.54, 1.807) is 32.9 Å². The van der Waals surface area contributed by atoms with Crippen molar-refractivity contribution in [1.29, 1.82) is 0 Å². The molecule has 0 unspecified atom stereocenters. The van der Waals surface area contributed by atoms with Crippen LogP contribution in [0.1, 0.15) is 26.3 Å². The van der Waals surface area contributed by atoms with Gasteiger partial charge in [-0.05, 0) is 39.8 Å². The Morgan fingerprint density at radius 3 is 2.48 bits per heavy atom. The van der Waals surface area contributed by atoms with Gasteiger partial charge >= 0.3 is 6.09 Å². The Bertz CT molecular complexity index is 785. The Kier molecular flexibility index (Phi) is 5.49. The predicted molar refractivity (Wildman–Crippen MR) is 95.9 cm³/mol. The minimum Gasteiger partial charge on any atom is -0.444 e. The van der Waals surface area contributed by atoms with E-state index >= 15 is 0 Å². The third-order valence-corrected chi connectivity index (χ3v) is 5.52. The third-order valence-electron chi connectivity index (χ3n) is 4.17. The summed E-state index contributed by atoms with van der Waals surface area (Å²) < 4.78 is 46.9. The smallest absolute Gasteiger partial charge is 0.407 e. The lowest BCUT2D eigenvalue weighted by molar-refractivity contribution is -0.0356. The van der Waals surface area contributed by atoms with Crippen LogP contribution in [0.3, 0.4) is 0 Å². The molecule has 2 aliphatic heterocycles. The first-order valence-electron chi connectivity index (χ1n) is 8.79. The summed E-state index contributed by atoms with van der Waals surface area (Å²) in [7, 11) is -4.03. The summed E-state index contributed by atoms with van der Waals surface area (Å²) >= 11 is 0. The van der Waals surface area contributed by atoms with Crippen LogP contribution in [0, 0.1) is 6.92 Å². The van der Waals surface area contributed by atoms with Crippen LogP contribution in [-0.2, 0) is 28.5 Å². The summed E-state index contributed by atoms with van der Waals surface area (Å²) in [6, 6.07) is 6.34. The number of epoxide rings is 1. The second-order valence-corrected chi connectivity index (χ2v) is 9.29. The van der Waals surface area contributed by atoms with Crippen LogP contribution < -0.4 is 5.32 Å². The highest BCUT2D eigenvalue weighted by Crippen LogP contribution is 2.37. The van der Waals surface area contributed by atoms with Crippen molar-refractivity contribution in [3.63, 3.8) is 0 Å². The summed E-state index contributed by atoms with van der Waals surface area (Å²) in [5, 5.41) is 2.55. The lowest BCUT2D eigenvalue weighted by Gasteiger charge is -2.25. The quantitative estimate of drug-likeness (QED) is 0.574. The average Bonchev–Trinajstić information content (AvgIpc) is 3.21. The van der Waals surface area contributed by atoms with Crippen LogP contribution in [0.2, 0.25) is 0 Å². The largest absolute Gasteiger partial charge is 0.444 e. The van der Waals surface area contributed by atoms with Crippen LogP contribution in [0.15, 0.2) is 29.2 Å². The number of hydrogen-bond acceptors (Lipinski definition) is 7. The molecule has 0 bridgehead atoms. The Labute approximate surface area is 159 Å². The number of carbonyl (C=O) groups excluding carboxylic acids is 1. The molecule has 0 aliphatic carbocycles. The van der Waals surface area contributed by atoms with Gasteiger partial charge in [0.1, 0.15) is 30.0 Å². The fourth-order valence-electron chi connectivity index (χ4n) is 2.83. The van der Waals surface area contributed by atoms with Crippen molar-refractivity contribution in [2.75, 3.05) is 13.2 Å². The lowest BCUT2D eigenvalue weighted by atomic mass is 10.1. The van der Waals surface area contributed by atoms with Gasteiger partial charge in [-0.15, -0.1) is 0 Å². The molecule has 1 amide bonds. The number of alkyl carbamates (subject to hydrolysis) is 1. The molecular formula is C18H25NO7S. The zero-order valence-electron chi connectivity index (χ0n) is 15.8. The Hall–Kier alpha value is -1.68. The molecule has 0 spiro atoms. The van der Waals surface area contributed by atoms with E-state index in [0.29, 0.717) is 6.61 Å². The summed E-state index contributed by atoms with van der Waals surface area (Å²) in [4.78, 5) is 12.0. The third kappa shape index (κ3) is 5.19. The Balaban J connectivity index is 1.70. The van der Waals surface area contributed by atoms with Crippen LogP contribution in [0.4, 0.5) is 4.79 Å². The van der Waals surface area contributed by atoms with Crippen molar-refractivity contribution in [3.8, 4) is 0 Å². The fraction of sp³-hybridized carbons (Fsp3) is 0.611. The van der Waals surface area contributed by atoms with Crippen molar-refractivity contribution in [2.24, 2.45) is 0 Å². The number of benzene rings is 1. The molecule has 0 saturated carbocycles. The number of hydrogen-bond donors (Lipinski definition) is 1. The summed E-state index contributed by atoms with van der Waals surface area (Å²) in [5.41, 5.74) is 0.272. The average molecular weight is 399 g/mol. The van der Waals surface area contributed by atoms with Gasteiger partial charge < -0.3 is 19.5 Å². The summed E-state index contributed by atoms with van der Waals surface area (Å²) in [6.45, 7) is 7.38. The minimum absolute atomic E-state index is 0.0373. The normalized spacial score (nSPS) is 25.6. The van der Waals surface area contributed by atoms with Gasteiger partial charge in [-0.1, -0.05) is 17.7 Å². The van der Waals surface area contributed by atoms with Crippen LogP contribution in [-0.4, -0.2) is 57.7 Å². The van der Waals surface area contributed by atoms with Gasteiger partial charge in [0.15, 0.2) is 0 Å². The van der Waals surface area contributed by atoms with Gasteiger partial charge in [-0.3, -0.25) is 4.18 Å². The highest BCUT2D eigenvalue weighted by Gasteiger charge is 2.55. The van der Waals surface area contributed by atoms with E-state index in [1.165, 1.54) is 12.1 Å². The van der Waals surface area contributed by atoms with Crippen molar-refractivity contribution in [2.45, 2.75) is 62.6 Å². The molecule has 1 aromatic carbocycles. The van der Waals surface area contributed by atoms with Crippen molar-refractivity contribution >= 4 is 16.2 Å². The predicted octanol–water partition coefficient (Wildman–Crippen LogP) is 1.76. The molecule has 0 aromatic heterocycles. The first-order valence-corrected chi connectivity index (χ1v) is 10.2. The van der Waals surface area contributed by atoms with Crippen molar-refractivity contribution < 1.29 is 31.6 Å². The van der Waals surface area contributed by atoms with Gasteiger partial charge in [0.05, 0.1) is 18.0 Å². The minimum atomic E-state index is -4.03. The maximum atomic E-state index is 12.6. The number of nitrogens with one attached hydrogen (secondary N) is 1. The molecule has 2 aliphatic rings. The fourth-order valence-corrected chi connectivity index (χ4v) is 3.91. The highest BCUT2D eigenvalue weighted by molar-refractivity contribution is 7.86. The van der Waals surface area contributed by atoms with Crippen molar-refractivity contribution in [3.05, 3.63) is 29.8 Å². The number of amides is 1. The lowest BCUT2D eigenvalue weighted by Crippen LogP contribution is -2.45. The standard InChI is InChI=1S/C18H25NO7S/c1-11-5-7-12(8-6-11)27(21,22)26-13(15-16-14(24-16)10-23-15)9-19-17(20)25-18(2,3)4/h5-8,13-16H,9-10H2,1-4H3,(H,19,20)/t13-,14+,15-,16+/m1/s1. The Morgan fingerprint density at radius 2 is 1.96 bits per heavy atom. The maximum Gasteiger partial charge on any atom is 0.407 e. The molecule has 9 heteroatoms. The zero-order chi connectivity index (χ0) is 19.8. The molecule has 8 nitrogen and oxygen atoms in total. The van der Waals surface area contributed by atoms with Crippen LogP contribution in [0.25, 0.3) is 0 Å². The molecule has 2 fully saturated rings. The van der Waals surface area contributed by atoms with E-state index in [2.05, 4.69) is 5.32 Å². The molecule has 2 heterocycles. The second-order valence-electron chi connectivity index (χ2n) is 7.72.